The van der Waals surface area contributed by atoms with Gasteiger partial charge in [0.05, 0.1) is 11.7 Å². The zero-order valence-corrected chi connectivity index (χ0v) is 13.5. The molecule has 3 aliphatic heterocycles. The fourth-order valence-electron chi connectivity index (χ4n) is 4.20. The van der Waals surface area contributed by atoms with E-state index >= 15 is 0 Å². The number of imide groups is 1. The molecule has 2 atom stereocenters. The van der Waals surface area contributed by atoms with E-state index < -0.39 is 17.2 Å². The van der Waals surface area contributed by atoms with Gasteiger partial charge in [-0.25, -0.2) is 13.6 Å². The summed E-state index contributed by atoms with van der Waals surface area (Å²) in [5.41, 5.74) is -0.407. The highest BCUT2D eigenvalue weighted by molar-refractivity contribution is 6.07. The van der Waals surface area contributed by atoms with Gasteiger partial charge in [0.25, 0.3) is 5.91 Å². The smallest absolute Gasteiger partial charge is 0.327 e. The molecule has 4 rings (SSSR count). The number of amides is 3. The van der Waals surface area contributed by atoms with Crippen LogP contribution in [0.25, 0.3) is 0 Å². The molecule has 1 aromatic rings. The lowest BCUT2D eigenvalue weighted by molar-refractivity contribution is -0.133. The van der Waals surface area contributed by atoms with Crippen molar-refractivity contribution in [3.63, 3.8) is 0 Å². The largest absolute Gasteiger partial charge is 0.367 e. The van der Waals surface area contributed by atoms with Crippen molar-refractivity contribution in [3.8, 4) is 0 Å². The number of nitrogens with zero attached hydrogens (tertiary/aromatic N) is 3. The van der Waals surface area contributed by atoms with E-state index in [1.165, 1.54) is 17.0 Å². The Kier molecular flexibility index (Phi) is 3.30. The predicted octanol–water partition coefficient (Wildman–Crippen LogP) is 2.36. The van der Waals surface area contributed by atoms with Crippen LogP contribution in [0.5, 0.6) is 0 Å². The molecule has 3 aliphatic rings. The van der Waals surface area contributed by atoms with Crippen molar-refractivity contribution in [1.29, 1.82) is 0 Å². The van der Waals surface area contributed by atoms with Crippen LogP contribution in [0.3, 0.4) is 0 Å². The average molecular weight is 335 g/mol. The molecule has 0 bridgehead atoms. The molecule has 0 radical (unpaired) electrons. The van der Waals surface area contributed by atoms with Crippen molar-refractivity contribution >= 4 is 17.6 Å². The summed E-state index contributed by atoms with van der Waals surface area (Å²) in [5, 5.41) is 0. The second-order valence-corrected chi connectivity index (χ2v) is 6.97. The van der Waals surface area contributed by atoms with Gasteiger partial charge in [-0.15, -0.1) is 0 Å². The molecule has 3 heterocycles. The van der Waals surface area contributed by atoms with Crippen LogP contribution in [0.4, 0.5) is 19.3 Å². The van der Waals surface area contributed by atoms with Crippen LogP contribution in [0.1, 0.15) is 26.2 Å². The van der Waals surface area contributed by atoms with Crippen LogP contribution in [-0.2, 0) is 4.79 Å². The quantitative estimate of drug-likeness (QED) is 0.780. The maximum Gasteiger partial charge on any atom is 0.327 e. The highest BCUT2D eigenvalue weighted by Gasteiger charge is 2.58. The molecule has 24 heavy (non-hydrogen) atoms. The van der Waals surface area contributed by atoms with Gasteiger partial charge in [-0.05, 0) is 38.3 Å². The molecule has 0 aromatic heterocycles. The average Bonchev–Trinajstić information content (AvgIpc) is 3.18. The minimum Gasteiger partial charge on any atom is -0.367 e. The number of fused-ring (bicyclic) bond motifs is 1. The molecule has 3 amide bonds. The summed E-state index contributed by atoms with van der Waals surface area (Å²) in [7, 11) is 0. The third-order valence-corrected chi connectivity index (χ3v) is 5.54. The zero-order valence-electron chi connectivity index (χ0n) is 13.5. The lowest BCUT2D eigenvalue weighted by Crippen LogP contribution is -2.45. The van der Waals surface area contributed by atoms with Gasteiger partial charge in [-0.2, -0.15) is 0 Å². The van der Waals surface area contributed by atoms with Crippen molar-refractivity contribution in [1.82, 2.24) is 9.80 Å². The van der Waals surface area contributed by atoms with Crippen molar-refractivity contribution < 1.29 is 18.4 Å². The van der Waals surface area contributed by atoms with Crippen molar-refractivity contribution in [2.24, 2.45) is 0 Å². The van der Waals surface area contributed by atoms with Crippen molar-refractivity contribution in [2.45, 2.75) is 37.8 Å². The number of hydrogen-bond donors (Lipinski definition) is 0. The van der Waals surface area contributed by atoms with Crippen LogP contribution in [0, 0.1) is 11.6 Å². The Balaban J connectivity index is 1.55. The van der Waals surface area contributed by atoms with E-state index in [2.05, 4.69) is 0 Å². The minimum atomic E-state index is -0.717. The maximum atomic E-state index is 14.0. The summed E-state index contributed by atoms with van der Waals surface area (Å²) in [6.07, 6.45) is 2.13. The maximum absolute atomic E-state index is 14.0. The summed E-state index contributed by atoms with van der Waals surface area (Å²) in [4.78, 5) is 30.2. The van der Waals surface area contributed by atoms with Gasteiger partial charge in [0.15, 0.2) is 0 Å². The number of anilines is 1. The fourth-order valence-corrected chi connectivity index (χ4v) is 4.20. The number of carbonyl (C=O) groups excluding carboxylic acids is 2. The number of benzene rings is 1. The van der Waals surface area contributed by atoms with Crippen LogP contribution < -0.4 is 4.90 Å². The third-order valence-electron chi connectivity index (χ3n) is 5.54. The minimum absolute atomic E-state index is 0.142. The van der Waals surface area contributed by atoms with Crippen LogP contribution in [0.2, 0.25) is 0 Å². The van der Waals surface area contributed by atoms with Gasteiger partial charge in [-0.3, -0.25) is 9.69 Å². The molecule has 1 aromatic carbocycles. The normalized spacial score (nSPS) is 29.8. The molecular formula is C17H19F2N3O2. The van der Waals surface area contributed by atoms with Crippen molar-refractivity contribution in [3.05, 3.63) is 29.8 Å². The number of halogens is 2. The lowest BCUT2D eigenvalue weighted by atomic mass is 9.99. The fraction of sp³-hybridized carbons (Fsp3) is 0.529. The Morgan fingerprint density at radius 1 is 1.21 bits per heavy atom. The second kappa shape index (κ2) is 5.16. The third kappa shape index (κ3) is 2.03. The van der Waals surface area contributed by atoms with E-state index in [0.29, 0.717) is 38.2 Å². The molecule has 7 heteroatoms. The van der Waals surface area contributed by atoms with Crippen molar-refractivity contribution in [2.75, 3.05) is 24.5 Å². The number of rotatable bonds is 2. The molecule has 3 fully saturated rings. The van der Waals surface area contributed by atoms with Gasteiger partial charge in [0.2, 0.25) is 0 Å². The topological polar surface area (TPSA) is 43.9 Å². The van der Waals surface area contributed by atoms with Crippen LogP contribution in [-0.4, -0.2) is 53.0 Å². The van der Waals surface area contributed by atoms with E-state index in [9.17, 15) is 18.4 Å². The van der Waals surface area contributed by atoms with Gasteiger partial charge >= 0.3 is 6.03 Å². The second-order valence-electron chi connectivity index (χ2n) is 6.97. The van der Waals surface area contributed by atoms with Crippen LogP contribution in [0.15, 0.2) is 18.2 Å². The first-order valence-corrected chi connectivity index (χ1v) is 8.27. The highest BCUT2D eigenvalue weighted by atomic mass is 19.1. The molecule has 0 saturated carbocycles. The zero-order chi connectivity index (χ0) is 17.1. The molecule has 0 N–H and O–H groups in total. The lowest BCUT2D eigenvalue weighted by Gasteiger charge is -2.24. The van der Waals surface area contributed by atoms with E-state index in [1.807, 2.05) is 6.92 Å². The number of hydrogen-bond acceptors (Lipinski definition) is 3. The van der Waals surface area contributed by atoms with E-state index in [1.54, 1.807) is 9.80 Å². The Bertz CT molecular complexity index is 726. The SMILES string of the molecule is C[C@]12CCCN1C(=O)N([C@@H]1CCN(c3ccc(F)cc3F)C1)C2=O. The summed E-state index contributed by atoms with van der Waals surface area (Å²) in [5.74, 6) is -1.39. The Morgan fingerprint density at radius 2 is 2.00 bits per heavy atom. The van der Waals surface area contributed by atoms with Gasteiger partial charge in [0, 0.05) is 25.7 Å². The molecule has 128 valence electrons. The number of urea groups is 1. The first-order valence-electron chi connectivity index (χ1n) is 8.27. The summed E-state index contributed by atoms with van der Waals surface area (Å²) >= 11 is 0. The highest BCUT2D eigenvalue weighted by Crippen LogP contribution is 2.39. The summed E-state index contributed by atoms with van der Waals surface area (Å²) < 4.78 is 27.0. The molecule has 5 nitrogen and oxygen atoms in total. The Hall–Kier alpha value is -2.18. The van der Waals surface area contributed by atoms with Gasteiger partial charge < -0.3 is 9.80 Å². The van der Waals surface area contributed by atoms with Crippen LogP contribution >= 0.6 is 0 Å². The Labute approximate surface area is 138 Å². The Morgan fingerprint density at radius 3 is 2.71 bits per heavy atom. The standard InChI is InChI=1S/C17H19F2N3O2/c1-17-6-2-7-21(17)16(24)22(15(17)23)12-5-8-20(10-12)14-4-3-11(18)9-13(14)19/h3-4,9,12H,2,5-8,10H2,1H3/t12-,17-/m1/s1. The predicted molar refractivity (Wildman–Crippen MR) is 83.6 cm³/mol. The first-order chi connectivity index (χ1) is 11.4. The van der Waals surface area contributed by atoms with E-state index in [0.717, 1.165) is 12.5 Å². The van der Waals surface area contributed by atoms with Gasteiger partial charge in [-0.1, -0.05) is 0 Å². The first kappa shape index (κ1) is 15.4. The van der Waals surface area contributed by atoms with E-state index in [-0.39, 0.29) is 18.0 Å². The molecular weight excluding hydrogens is 316 g/mol. The van der Waals surface area contributed by atoms with E-state index in [4.69, 9.17) is 0 Å². The molecule has 0 spiro atoms. The monoisotopic (exact) mass is 335 g/mol. The van der Waals surface area contributed by atoms with Gasteiger partial charge in [0.1, 0.15) is 17.2 Å². The molecule has 0 aliphatic carbocycles. The molecule has 0 unspecified atom stereocenters. The summed E-state index contributed by atoms with van der Waals surface area (Å²) in [6.45, 7) is 3.35. The summed E-state index contributed by atoms with van der Waals surface area (Å²) in [6, 6.07) is 2.98. The number of carbonyl (C=O) groups is 2. The molecule has 3 saturated heterocycles.